The van der Waals surface area contributed by atoms with Crippen molar-refractivity contribution in [1.82, 2.24) is 9.80 Å². The molecule has 0 saturated carbocycles. The lowest BCUT2D eigenvalue weighted by atomic mass is 10.0. The van der Waals surface area contributed by atoms with Gasteiger partial charge in [0, 0.05) is 39.3 Å². The van der Waals surface area contributed by atoms with E-state index in [9.17, 15) is 4.39 Å². The van der Waals surface area contributed by atoms with Crippen LogP contribution < -0.4 is 0 Å². The topological polar surface area (TPSA) is 6.48 Å². The standard InChI is InChI=1S/C18H21FN2S/c19-18-3-1-2-14(6-18)7-20-9-16-11-21(12-17(16)10-20)8-15-4-5-22-13-15/h1-6,13,16-17H,7-12H2/t16-,17+. The minimum atomic E-state index is -0.126. The third-order valence-corrected chi connectivity index (χ3v) is 5.65. The Kier molecular flexibility index (Phi) is 3.99. The van der Waals surface area contributed by atoms with Crippen molar-refractivity contribution in [1.29, 1.82) is 0 Å². The summed E-state index contributed by atoms with van der Waals surface area (Å²) < 4.78 is 13.3. The highest BCUT2D eigenvalue weighted by Crippen LogP contribution is 2.32. The van der Waals surface area contributed by atoms with Gasteiger partial charge in [-0.25, -0.2) is 4.39 Å². The van der Waals surface area contributed by atoms with Gasteiger partial charge in [0.05, 0.1) is 0 Å². The number of fused-ring (bicyclic) bond motifs is 1. The lowest BCUT2D eigenvalue weighted by molar-refractivity contribution is 0.246. The first kappa shape index (κ1) is 14.4. The van der Waals surface area contributed by atoms with E-state index in [2.05, 4.69) is 26.6 Å². The van der Waals surface area contributed by atoms with Crippen LogP contribution in [-0.4, -0.2) is 36.0 Å². The van der Waals surface area contributed by atoms with Crippen molar-refractivity contribution in [2.24, 2.45) is 11.8 Å². The van der Waals surface area contributed by atoms with Gasteiger partial charge in [0.15, 0.2) is 0 Å². The van der Waals surface area contributed by atoms with Crippen LogP contribution in [0.25, 0.3) is 0 Å². The van der Waals surface area contributed by atoms with Gasteiger partial charge >= 0.3 is 0 Å². The summed E-state index contributed by atoms with van der Waals surface area (Å²) in [7, 11) is 0. The number of thiophene rings is 1. The Labute approximate surface area is 135 Å². The number of likely N-dealkylation sites (tertiary alicyclic amines) is 2. The number of hydrogen-bond acceptors (Lipinski definition) is 3. The van der Waals surface area contributed by atoms with E-state index in [1.54, 1.807) is 17.4 Å². The van der Waals surface area contributed by atoms with E-state index in [0.717, 1.165) is 43.6 Å². The molecule has 1 aromatic heterocycles. The summed E-state index contributed by atoms with van der Waals surface area (Å²) in [6.07, 6.45) is 0. The molecule has 0 radical (unpaired) electrons. The van der Waals surface area contributed by atoms with Crippen LogP contribution in [0.1, 0.15) is 11.1 Å². The van der Waals surface area contributed by atoms with Gasteiger partial charge in [-0.15, -0.1) is 0 Å². The summed E-state index contributed by atoms with van der Waals surface area (Å²) >= 11 is 1.78. The number of halogens is 1. The quantitative estimate of drug-likeness (QED) is 0.852. The summed E-state index contributed by atoms with van der Waals surface area (Å²) in [5.74, 6) is 1.44. The van der Waals surface area contributed by atoms with Gasteiger partial charge < -0.3 is 0 Å². The van der Waals surface area contributed by atoms with Crippen LogP contribution in [0.15, 0.2) is 41.1 Å². The third-order valence-electron chi connectivity index (χ3n) is 4.92. The van der Waals surface area contributed by atoms with Gasteiger partial charge in [-0.3, -0.25) is 9.80 Å². The van der Waals surface area contributed by atoms with Crippen molar-refractivity contribution >= 4 is 11.3 Å². The minimum absolute atomic E-state index is 0.126. The van der Waals surface area contributed by atoms with E-state index in [1.165, 1.54) is 24.7 Å². The van der Waals surface area contributed by atoms with E-state index in [-0.39, 0.29) is 5.82 Å². The molecule has 0 aliphatic carbocycles. The lowest BCUT2D eigenvalue weighted by Gasteiger charge is -2.21. The van der Waals surface area contributed by atoms with Gasteiger partial charge in [-0.2, -0.15) is 11.3 Å². The maximum absolute atomic E-state index is 13.3. The van der Waals surface area contributed by atoms with E-state index in [0.29, 0.717) is 0 Å². The Morgan fingerprint density at radius 3 is 2.23 bits per heavy atom. The first-order chi connectivity index (χ1) is 10.8. The fourth-order valence-corrected chi connectivity index (χ4v) is 4.64. The number of rotatable bonds is 4. The van der Waals surface area contributed by atoms with E-state index < -0.39 is 0 Å². The van der Waals surface area contributed by atoms with Gasteiger partial charge in [0.25, 0.3) is 0 Å². The number of hydrogen-bond donors (Lipinski definition) is 0. The fraction of sp³-hybridized carbons (Fsp3) is 0.444. The minimum Gasteiger partial charge on any atom is -0.298 e. The number of benzene rings is 1. The van der Waals surface area contributed by atoms with E-state index in [1.807, 2.05) is 12.1 Å². The van der Waals surface area contributed by atoms with Crippen molar-refractivity contribution < 1.29 is 4.39 Å². The Bertz CT molecular complexity index is 614. The van der Waals surface area contributed by atoms with Crippen LogP contribution in [0.5, 0.6) is 0 Å². The maximum Gasteiger partial charge on any atom is 0.123 e. The molecule has 4 rings (SSSR count). The van der Waals surface area contributed by atoms with Crippen LogP contribution in [0, 0.1) is 17.7 Å². The average molecular weight is 316 g/mol. The second-order valence-electron chi connectivity index (χ2n) is 6.67. The SMILES string of the molecule is Fc1cccc(CN2C[C@H]3CN(Cc4ccsc4)C[C@H]3C2)c1. The summed E-state index contributed by atoms with van der Waals surface area (Å²) in [5.41, 5.74) is 2.54. The van der Waals surface area contributed by atoms with Crippen molar-refractivity contribution in [3.05, 3.63) is 58.0 Å². The molecule has 1 aromatic carbocycles. The summed E-state index contributed by atoms with van der Waals surface area (Å²) in [6, 6.07) is 9.25. The predicted molar refractivity (Wildman–Crippen MR) is 88.3 cm³/mol. The Hall–Kier alpha value is -1.23. The second-order valence-corrected chi connectivity index (χ2v) is 7.45. The highest BCUT2D eigenvalue weighted by Gasteiger charge is 2.39. The van der Waals surface area contributed by atoms with Crippen molar-refractivity contribution in [2.75, 3.05) is 26.2 Å². The summed E-state index contributed by atoms with van der Waals surface area (Å²) in [6.45, 7) is 6.71. The molecule has 2 saturated heterocycles. The zero-order valence-corrected chi connectivity index (χ0v) is 13.4. The molecule has 2 aliphatic rings. The highest BCUT2D eigenvalue weighted by atomic mass is 32.1. The zero-order chi connectivity index (χ0) is 14.9. The molecule has 116 valence electrons. The average Bonchev–Trinajstić information content (AvgIpc) is 3.16. The molecule has 4 heteroatoms. The number of nitrogens with zero attached hydrogens (tertiary/aromatic N) is 2. The monoisotopic (exact) mass is 316 g/mol. The molecule has 2 fully saturated rings. The molecular formula is C18H21FN2S. The maximum atomic E-state index is 13.3. The molecular weight excluding hydrogens is 295 g/mol. The molecule has 2 aromatic rings. The third kappa shape index (κ3) is 3.09. The Morgan fingerprint density at radius 1 is 0.955 bits per heavy atom. The lowest BCUT2D eigenvalue weighted by Crippen LogP contribution is -2.28. The molecule has 2 atom stereocenters. The fourth-order valence-electron chi connectivity index (χ4n) is 3.98. The van der Waals surface area contributed by atoms with Crippen molar-refractivity contribution in [3.8, 4) is 0 Å². The predicted octanol–water partition coefficient (Wildman–Crippen LogP) is 3.45. The van der Waals surface area contributed by atoms with Crippen LogP contribution in [0.2, 0.25) is 0 Å². The largest absolute Gasteiger partial charge is 0.298 e. The van der Waals surface area contributed by atoms with Crippen molar-refractivity contribution in [2.45, 2.75) is 13.1 Å². The second kappa shape index (κ2) is 6.11. The van der Waals surface area contributed by atoms with Gasteiger partial charge in [-0.1, -0.05) is 12.1 Å². The van der Waals surface area contributed by atoms with Gasteiger partial charge in [0.1, 0.15) is 5.82 Å². The smallest absolute Gasteiger partial charge is 0.123 e. The molecule has 22 heavy (non-hydrogen) atoms. The highest BCUT2D eigenvalue weighted by molar-refractivity contribution is 7.07. The summed E-state index contributed by atoms with van der Waals surface area (Å²) in [4.78, 5) is 5.09. The molecule has 2 nitrogen and oxygen atoms in total. The molecule has 0 bridgehead atoms. The van der Waals surface area contributed by atoms with Crippen LogP contribution >= 0.6 is 11.3 Å². The van der Waals surface area contributed by atoms with Gasteiger partial charge in [-0.05, 0) is 51.9 Å². The molecule has 0 unspecified atom stereocenters. The molecule has 0 spiro atoms. The first-order valence-corrected chi connectivity index (χ1v) is 8.91. The summed E-state index contributed by atoms with van der Waals surface area (Å²) in [5, 5.41) is 4.41. The molecule has 2 aliphatic heterocycles. The van der Waals surface area contributed by atoms with E-state index in [4.69, 9.17) is 0 Å². The van der Waals surface area contributed by atoms with Gasteiger partial charge in [0.2, 0.25) is 0 Å². The molecule has 0 N–H and O–H groups in total. The van der Waals surface area contributed by atoms with Crippen LogP contribution in [-0.2, 0) is 13.1 Å². The molecule has 0 amide bonds. The van der Waals surface area contributed by atoms with E-state index >= 15 is 0 Å². The first-order valence-electron chi connectivity index (χ1n) is 7.96. The Balaban J connectivity index is 1.32. The normalized spacial score (nSPS) is 25.7. The van der Waals surface area contributed by atoms with Crippen LogP contribution in [0.4, 0.5) is 4.39 Å². The van der Waals surface area contributed by atoms with Crippen molar-refractivity contribution in [3.63, 3.8) is 0 Å². The zero-order valence-electron chi connectivity index (χ0n) is 12.6. The van der Waals surface area contributed by atoms with Crippen LogP contribution in [0.3, 0.4) is 0 Å². The Morgan fingerprint density at radius 2 is 1.64 bits per heavy atom. The molecule has 3 heterocycles.